The molecule has 0 aliphatic rings. The minimum absolute atomic E-state index is 0.0332. The van der Waals surface area contributed by atoms with Gasteiger partial charge in [-0.25, -0.2) is 0 Å². The highest BCUT2D eigenvalue weighted by molar-refractivity contribution is 5.77. The van der Waals surface area contributed by atoms with Gasteiger partial charge in [-0.1, -0.05) is 0 Å². The number of nitrogens with one attached hydrogen (secondary N) is 1. The molecule has 1 rings (SSSR count). The molecule has 1 aromatic carbocycles. The first kappa shape index (κ1) is 14.2. The van der Waals surface area contributed by atoms with Crippen LogP contribution in [0.4, 0.5) is 0 Å². The summed E-state index contributed by atoms with van der Waals surface area (Å²) < 4.78 is 15.6. The van der Waals surface area contributed by atoms with Crippen molar-refractivity contribution in [3.8, 4) is 17.2 Å². The number of hydrogen-bond acceptors (Lipinski definition) is 4. The van der Waals surface area contributed by atoms with Crippen LogP contribution in [0.25, 0.3) is 0 Å². The molecule has 5 heteroatoms. The fourth-order valence-corrected chi connectivity index (χ4v) is 1.38. The summed E-state index contributed by atoms with van der Waals surface area (Å²) in [5.41, 5.74) is 0. The maximum atomic E-state index is 11.4. The molecule has 0 aliphatic carbocycles. The average Bonchev–Trinajstić information content (AvgIpc) is 2.35. The lowest BCUT2D eigenvalue weighted by Crippen LogP contribution is -2.34. The van der Waals surface area contributed by atoms with Crippen LogP contribution in [0.1, 0.15) is 13.8 Å². The number of carbonyl (C=O) groups is 1. The molecule has 5 nitrogen and oxygen atoms in total. The molecule has 1 aromatic rings. The predicted molar refractivity (Wildman–Crippen MR) is 68.3 cm³/mol. The van der Waals surface area contributed by atoms with Gasteiger partial charge in [-0.05, 0) is 13.8 Å². The Kier molecular flexibility index (Phi) is 5.30. The minimum atomic E-state index is -0.160. The van der Waals surface area contributed by atoms with Gasteiger partial charge in [0.05, 0.1) is 14.2 Å². The number of carbonyl (C=O) groups excluding carboxylic acids is 1. The number of amides is 1. The standard InChI is InChI=1S/C13H19NO4/c1-9(2)14-13(15)8-18-12-6-10(16-3)5-11(7-12)17-4/h5-7,9H,8H2,1-4H3,(H,14,15). The van der Waals surface area contributed by atoms with Crippen LogP contribution in [0.15, 0.2) is 18.2 Å². The van der Waals surface area contributed by atoms with Crippen LogP contribution in [-0.2, 0) is 4.79 Å². The van der Waals surface area contributed by atoms with E-state index >= 15 is 0 Å². The van der Waals surface area contributed by atoms with E-state index in [4.69, 9.17) is 14.2 Å². The van der Waals surface area contributed by atoms with E-state index in [9.17, 15) is 4.79 Å². The van der Waals surface area contributed by atoms with Gasteiger partial charge in [-0.15, -0.1) is 0 Å². The van der Waals surface area contributed by atoms with Crippen molar-refractivity contribution in [1.29, 1.82) is 0 Å². The van der Waals surface area contributed by atoms with Gasteiger partial charge in [0.2, 0.25) is 0 Å². The lowest BCUT2D eigenvalue weighted by Gasteiger charge is -2.11. The normalized spacial score (nSPS) is 10.1. The van der Waals surface area contributed by atoms with Crippen LogP contribution in [0.2, 0.25) is 0 Å². The summed E-state index contributed by atoms with van der Waals surface area (Å²) in [6, 6.07) is 5.23. The highest BCUT2D eigenvalue weighted by Gasteiger charge is 2.07. The van der Waals surface area contributed by atoms with E-state index in [2.05, 4.69) is 5.32 Å². The Labute approximate surface area is 107 Å². The van der Waals surface area contributed by atoms with Crippen molar-refractivity contribution in [3.63, 3.8) is 0 Å². The lowest BCUT2D eigenvalue weighted by molar-refractivity contribution is -0.123. The molecule has 0 radical (unpaired) electrons. The fourth-order valence-electron chi connectivity index (χ4n) is 1.38. The highest BCUT2D eigenvalue weighted by Crippen LogP contribution is 2.27. The third-order valence-corrected chi connectivity index (χ3v) is 2.14. The summed E-state index contributed by atoms with van der Waals surface area (Å²) in [5, 5.41) is 2.74. The van der Waals surface area contributed by atoms with Crippen molar-refractivity contribution in [2.24, 2.45) is 0 Å². The van der Waals surface area contributed by atoms with Crippen LogP contribution in [0.5, 0.6) is 17.2 Å². The fraction of sp³-hybridized carbons (Fsp3) is 0.462. The summed E-state index contributed by atoms with van der Waals surface area (Å²) in [5.74, 6) is 1.61. The Morgan fingerprint density at radius 2 is 1.61 bits per heavy atom. The summed E-state index contributed by atoms with van der Waals surface area (Å²) in [7, 11) is 3.12. The van der Waals surface area contributed by atoms with Gasteiger partial charge in [0.25, 0.3) is 5.91 Å². The van der Waals surface area contributed by atoms with Gasteiger partial charge in [0.1, 0.15) is 17.2 Å². The molecule has 0 saturated carbocycles. The van der Waals surface area contributed by atoms with Crippen molar-refractivity contribution < 1.29 is 19.0 Å². The Bertz CT molecular complexity index is 382. The molecule has 100 valence electrons. The Morgan fingerprint density at radius 1 is 1.11 bits per heavy atom. The molecule has 0 aliphatic heterocycles. The molecule has 0 aromatic heterocycles. The number of rotatable bonds is 6. The van der Waals surface area contributed by atoms with Crippen molar-refractivity contribution in [2.75, 3.05) is 20.8 Å². The van der Waals surface area contributed by atoms with E-state index in [1.807, 2.05) is 13.8 Å². The minimum Gasteiger partial charge on any atom is -0.496 e. The number of methoxy groups -OCH3 is 2. The van der Waals surface area contributed by atoms with Gasteiger partial charge in [0, 0.05) is 24.2 Å². The smallest absolute Gasteiger partial charge is 0.258 e. The molecule has 0 bridgehead atoms. The summed E-state index contributed by atoms with van der Waals surface area (Å²) in [6.45, 7) is 3.76. The van der Waals surface area contributed by atoms with Gasteiger partial charge >= 0.3 is 0 Å². The topological polar surface area (TPSA) is 56.8 Å². The molecule has 0 atom stereocenters. The Balaban J connectivity index is 2.63. The molecule has 1 amide bonds. The summed E-state index contributed by atoms with van der Waals surface area (Å²) >= 11 is 0. The van der Waals surface area contributed by atoms with Gasteiger partial charge < -0.3 is 19.5 Å². The Hall–Kier alpha value is -1.91. The second kappa shape index (κ2) is 6.74. The summed E-state index contributed by atoms with van der Waals surface area (Å²) in [4.78, 5) is 11.4. The second-order valence-corrected chi connectivity index (χ2v) is 4.06. The predicted octanol–water partition coefficient (Wildman–Crippen LogP) is 1.61. The largest absolute Gasteiger partial charge is 0.496 e. The lowest BCUT2D eigenvalue weighted by atomic mass is 10.3. The zero-order valence-electron chi connectivity index (χ0n) is 11.1. The van der Waals surface area contributed by atoms with Crippen LogP contribution in [0, 0.1) is 0 Å². The maximum absolute atomic E-state index is 11.4. The molecule has 0 heterocycles. The Morgan fingerprint density at radius 3 is 2.06 bits per heavy atom. The maximum Gasteiger partial charge on any atom is 0.258 e. The van der Waals surface area contributed by atoms with Crippen molar-refractivity contribution in [3.05, 3.63) is 18.2 Å². The molecule has 0 saturated heterocycles. The van der Waals surface area contributed by atoms with Crippen LogP contribution in [0.3, 0.4) is 0 Å². The zero-order chi connectivity index (χ0) is 13.5. The molecule has 0 fully saturated rings. The van der Waals surface area contributed by atoms with Gasteiger partial charge in [-0.3, -0.25) is 4.79 Å². The van der Waals surface area contributed by atoms with E-state index in [1.54, 1.807) is 32.4 Å². The summed E-state index contributed by atoms with van der Waals surface area (Å²) in [6.07, 6.45) is 0. The quantitative estimate of drug-likeness (QED) is 0.836. The van der Waals surface area contributed by atoms with E-state index in [0.29, 0.717) is 17.2 Å². The zero-order valence-corrected chi connectivity index (χ0v) is 11.1. The molecule has 18 heavy (non-hydrogen) atoms. The van der Waals surface area contributed by atoms with Gasteiger partial charge in [-0.2, -0.15) is 0 Å². The van der Waals surface area contributed by atoms with Crippen LogP contribution < -0.4 is 19.5 Å². The van der Waals surface area contributed by atoms with Gasteiger partial charge in [0.15, 0.2) is 6.61 Å². The van der Waals surface area contributed by atoms with E-state index < -0.39 is 0 Å². The number of ether oxygens (including phenoxy) is 3. The van der Waals surface area contributed by atoms with E-state index in [1.165, 1.54) is 0 Å². The molecule has 1 N–H and O–H groups in total. The van der Waals surface area contributed by atoms with Crippen LogP contribution >= 0.6 is 0 Å². The number of benzene rings is 1. The first-order valence-corrected chi connectivity index (χ1v) is 5.70. The van der Waals surface area contributed by atoms with Crippen LogP contribution in [-0.4, -0.2) is 32.8 Å². The van der Waals surface area contributed by atoms with E-state index in [0.717, 1.165) is 0 Å². The molecule has 0 unspecified atom stereocenters. The molecular formula is C13H19NO4. The number of hydrogen-bond donors (Lipinski definition) is 1. The average molecular weight is 253 g/mol. The monoisotopic (exact) mass is 253 g/mol. The first-order chi connectivity index (χ1) is 8.55. The third-order valence-electron chi connectivity index (χ3n) is 2.14. The van der Waals surface area contributed by atoms with Crippen molar-refractivity contribution >= 4 is 5.91 Å². The SMILES string of the molecule is COc1cc(OC)cc(OCC(=O)NC(C)C)c1. The van der Waals surface area contributed by atoms with Crippen molar-refractivity contribution in [2.45, 2.75) is 19.9 Å². The first-order valence-electron chi connectivity index (χ1n) is 5.70. The third kappa shape index (κ3) is 4.53. The second-order valence-electron chi connectivity index (χ2n) is 4.06. The highest BCUT2D eigenvalue weighted by atomic mass is 16.5. The van der Waals surface area contributed by atoms with Crippen molar-refractivity contribution in [1.82, 2.24) is 5.32 Å². The van der Waals surface area contributed by atoms with E-state index in [-0.39, 0.29) is 18.6 Å². The molecular weight excluding hydrogens is 234 g/mol. The molecule has 0 spiro atoms.